The molecule has 0 heterocycles. The minimum atomic E-state index is -1.16. The van der Waals surface area contributed by atoms with Crippen LogP contribution >= 0.6 is 0 Å². The first-order chi connectivity index (χ1) is 18.0. The summed E-state index contributed by atoms with van der Waals surface area (Å²) in [5, 5.41) is 13.9. The summed E-state index contributed by atoms with van der Waals surface area (Å²) in [6.07, 6.45) is 3.59. The van der Waals surface area contributed by atoms with Crippen LogP contribution in [0.15, 0.2) is 78.9 Å². The van der Waals surface area contributed by atoms with Gasteiger partial charge in [0, 0.05) is 12.2 Å². The second-order valence-corrected chi connectivity index (χ2v) is 8.84. The number of amides is 2. The molecule has 0 saturated carbocycles. The number of ether oxygens (including phenoxy) is 1. The highest BCUT2D eigenvalue weighted by Crippen LogP contribution is 2.21. The van der Waals surface area contributed by atoms with Crippen molar-refractivity contribution >= 4 is 17.8 Å². The fraction of sp³-hybridized carbons (Fsp3) is 0.300. The van der Waals surface area contributed by atoms with Crippen molar-refractivity contribution in [2.24, 2.45) is 0 Å². The summed E-state index contributed by atoms with van der Waals surface area (Å²) in [5.41, 5.74) is 4.76. The molecule has 0 saturated heterocycles. The molecule has 3 aromatic carbocycles. The minimum Gasteiger partial charge on any atom is -0.480 e. The minimum absolute atomic E-state index is 0.201. The van der Waals surface area contributed by atoms with Crippen LogP contribution in [0, 0.1) is 0 Å². The number of rotatable bonds is 14. The molecule has 0 fully saturated rings. The molecule has 3 N–H and O–H groups in total. The molecular formula is C30H34N2O5. The highest BCUT2D eigenvalue weighted by atomic mass is 16.5. The number of benzene rings is 3. The van der Waals surface area contributed by atoms with Crippen molar-refractivity contribution in [2.75, 3.05) is 13.2 Å². The van der Waals surface area contributed by atoms with Crippen LogP contribution in [0.4, 0.5) is 0 Å². The summed E-state index contributed by atoms with van der Waals surface area (Å²) in [6.45, 7) is 2.24. The zero-order valence-corrected chi connectivity index (χ0v) is 21.1. The molecule has 0 aliphatic rings. The zero-order valence-electron chi connectivity index (χ0n) is 21.1. The predicted molar refractivity (Wildman–Crippen MR) is 143 cm³/mol. The second kappa shape index (κ2) is 14.6. The van der Waals surface area contributed by atoms with Crippen LogP contribution in [-0.4, -0.2) is 42.1 Å². The van der Waals surface area contributed by atoms with Crippen LogP contribution in [0.5, 0.6) is 0 Å². The maximum atomic E-state index is 12.9. The smallest absolute Gasteiger partial charge is 0.322 e. The van der Waals surface area contributed by atoms with E-state index in [4.69, 9.17) is 9.84 Å². The van der Waals surface area contributed by atoms with Gasteiger partial charge in [-0.15, -0.1) is 0 Å². The van der Waals surface area contributed by atoms with E-state index in [-0.39, 0.29) is 13.0 Å². The molecule has 1 unspecified atom stereocenters. The standard InChI is InChI=1S/C30H34N2O5/c1-2-3-7-22-10-12-24(13-11-22)25-14-16-26(17-15-25)29(35)32-27(30(36)31-20-28(33)34)18-19-37-21-23-8-5-4-6-9-23/h4-6,8-17,27H,2-3,7,18-21H2,1H3,(H,31,36)(H,32,35)(H,33,34). The Labute approximate surface area is 217 Å². The van der Waals surface area contributed by atoms with Gasteiger partial charge in [0.1, 0.15) is 12.6 Å². The average Bonchev–Trinajstić information content (AvgIpc) is 2.93. The van der Waals surface area contributed by atoms with Gasteiger partial charge in [-0.1, -0.05) is 80.1 Å². The highest BCUT2D eigenvalue weighted by molar-refractivity contribution is 5.98. The molecule has 194 valence electrons. The van der Waals surface area contributed by atoms with E-state index in [1.165, 1.54) is 5.56 Å². The summed E-state index contributed by atoms with van der Waals surface area (Å²) in [4.78, 5) is 36.3. The van der Waals surface area contributed by atoms with Crippen molar-refractivity contribution in [3.05, 3.63) is 95.6 Å². The molecule has 37 heavy (non-hydrogen) atoms. The van der Waals surface area contributed by atoms with Gasteiger partial charge in [-0.25, -0.2) is 0 Å². The van der Waals surface area contributed by atoms with E-state index in [0.717, 1.165) is 36.0 Å². The Morgan fingerprint density at radius 1 is 0.865 bits per heavy atom. The Balaban J connectivity index is 1.60. The summed E-state index contributed by atoms with van der Waals surface area (Å²) < 4.78 is 5.66. The van der Waals surface area contributed by atoms with Crippen LogP contribution in [0.3, 0.4) is 0 Å². The third kappa shape index (κ3) is 9.20. The van der Waals surface area contributed by atoms with Crippen molar-refractivity contribution < 1.29 is 24.2 Å². The van der Waals surface area contributed by atoms with Crippen molar-refractivity contribution in [2.45, 2.75) is 45.3 Å². The van der Waals surface area contributed by atoms with Gasteiger partial charge in [0.25, 0.3) is 5.91 Å². The number of aliphatic carboxylic acids is 1. The number of nitrogens with one attached hydrogen (secondary N) is 2. The fourth-order valence-electron chi connectivity index (χ4n) is 3.82. The van der Waals surface area contributed by atoms with Gasteiger partial charge in [-0.05, 0) is 53.6 Å². The van der Waals surface area contributed by atoms with E-state index < -0.39 is 30.4 Å². The normalized spacial score (nSPS) is 11.5. The van der Waals surface area contributed by atoms with Gasteiger partial charge in [0.15, 0.2) is 0 Å². The number of carboxylic acid groups (broad SMARTS) is 1. The molecular weight excluding hydrogens is 468 g/mol. The van der Waals surface area contributed by atoms with Crippen molar-refractivity contribution in [1.82, 2.24) is 10.6 Å². The molecule has 0 bridgehead atoms. The van der Waals surface area contributed by atoms with E-state index in [9.17, 15) is 14.4 Å². The molecule has 0 aromatic heterocycles. The Morgan fingerprint density at radius 3 is 2.14 bits per heavy atom. The van der Waals surface area contributed by atoms with Crippen molar-refractivity contribution in [3.8, 4) is 11.1 Å². The highest BCUT2D eigenvalue weighted by Gasteiger charge is 2.22. The summed E-state index contributed by atoms with van der Waals surface area (Å²) in [6, 6.07) is 24.3. The Hall–Kier alpha value is -3.97. The predicted octanol–water partition coefficient (Wildman–Crippen LogP) is 4.60. The lowest BCUT2D eigenvalue weighted by molar-refractivity contribution is -0.138. The fourth-order valence-corrected chi connectivity index (χ4v) is 3.82. The maximum absolute atomic E-state index is 12.9. The summed E-state index contributed by atoms with van der Waals surface area (Å²) in [5.74, 6) is -2.15. The van der Waals surface area contributed by atoms with E-state index in [1.807, 2.05) is 42.5 Å². The molecule has 3 rings (SSSR count). The number of aryl methyl sites for hydroxylation is 1. The molecule has 0 spiro atoms. The monoisotopic (exact) mass is 502 g/mol. The third-order valence-electron chi connectivity index (χ3n) is 5.95. The number of hydrogen-bond donors (Lipinski definition) is 3. The number of carbonyl (C=O) groups excluding carboxylic acids is 2. The quantitative estimate of drug-likeness (QED) is 0.280. The van der Waals surface area contributed by atoms with Crippen LogP contribution in [0.1, 0.15) is 47.7 Å². The van der Waals surface area contributed by atoms with E-state index >= 15 is 0 Å². The molecule has 7 nitrogen and oxygen atoms in total. The van der Waals surface area contributed by atoms with Crippen molar-refractivity contribution in [1.29, 1.82) is 0 Å². The SMILES string of the molecule is CCCCc1ccc(-c2ccc(C(=O)NC(CCOCc3ccccc3)C(=O)NCC(=O)O)cc2)cc1. The molecule has 2 amide bonds. The molecule has 3 aromatic rings. The van der Waals surface area contributed by atoms with Crippen LogP contribution < -0.4 is 10.6 Å². The van der Waals surface area contributed by atoms with Crippen LogP contribution in [0.2, 0.25) is 0 Å². The molecule has 0 aliphatic carbocycles. The first kappa shape index (κ1) is 27.6. The maximum Gasteiger partial charge on any atom is 0.322 e. The van der Waals surface area contributed by atoms with Gasteiger partial charge >= 0.3 is 5.97 Å². The van der Waals surface area contributed by atoms with E-state index in [2.05, 4.69) is 41.8 Å². The summed E-state index contributed by atoms with van der Waals surface area (Å²) in [7, 11) is 0. The molecule has 7 heteroatoms. The van der Waals surface area contributed by atoms with Gasteiger partial charge < -0.3 is 20.5 Å². The number of unbranched alkanes of at least 4 members (excludes halogenated alkanes) is 1. The first-order valence-electron chi connectivity index (χ1n) is 12.6. The van der Waals surface area contributed by atoms with Crippen molar-refractivity contribution in [3.63, 3.8) is 0 Å². The Morgan fingerprint density at radius 2 is 1.51 bits per heavy atom. The van der Waals surface area contributed by atoms with Gasteiger partial charge in [-0.2, -0.15) is 0 Å². The number of carboxylic acids is 1. The Bertz CT molecular complexity index is 1140. The van der Waals surface area contributed by atoms with Gasteiger partial charge in [0.2, 0.25) is 5.91 Å². The Kier molecular flexibility index (Phi) is 10.9. The van der Waals surface area contributed by atoms with Gasteiger partial charge in [-0.3, -0.25) is 14.4 Å². The number of carbonyl (C=O) groups is 3. The second-order valence-electron chi connectivity index (χ2n) is 8.84. The molecule has 0 aliphatic heterocycles. The average molecular weight is 503 g/mol. The number of hydrogen-bond acceptors (Lipinski definition) is 4. The lowest BCUT2D eigenvalue weighted by Crippen LogP contribution is -2.48. The van der Waals surface area contributed by atoms with Crippen LogP contribution in [-0.2, 0) is 27.4 Å². The lowest BCUT2D eigenvalue weighted by Gasteiger charge is -2.18. The largest absolute Gasteiger partial charge is 0.480 e. The van der Waals surface area contributed by atoms with E-state index in [1.54, 1.807) is 12.1 Å². The molecule has 1 atom stereocenters. The van der Waals surface area contributed by atoms with E-state index in [0.29, 0.717) is 12.2 Å². The third-order valence-corrected chi connectivity index (χ3v) is 5.95. The summed E-state index contributed by atoms with van der Waals surface area (Å²) >= 11 is 0. The molecule has 0 radical (unpaired) electrons. The zero-order chi connectivity index (χ0) is 26.5. The van der Waals surface area contributed by atoms with Gasteiger partial charge in [0.05, 0.1) is 6.61 Å². The topological polar surface area (TPSA) is 105 Å². The first-order valence-corrected chi connectivity index (χ1v) is 12.6. The lowest BCUT2D eigenvalue weighted by atomic mass is 10.0. The van der Waals surface area contributed by atoms with Crippen LogP contribution in [0.25, 0.3) is 11.1 Å².